The molecule has 0 aliphatic carbocycles. The minimum atomic E-state index is -0.306. The number of nitrogens with zero attached hydrogens (tertiary/aromatic N) is 3. The van der Waals surface area contributed by atoms with E-state index in [1.807, 2.05) is 16.9 Å². The Bertz CT molecular complexity index is 429. The summed E-state index contributed by atoms with van der Waals surface area (Å²) in [7, 11) is 0. The SMILES string of the molecule is C[C@H](NCCN1C(=O)CNC1=O)[C@@H](C)n1cccn1. The van der Waals surface area contributed by atoms with E-state index in [0.717, 1.165) is 0 Å². The number of imide groups is 1. The molecule has 3 amide bonds. The minimum absolute atomic E-state index is 0.109. The van der Waals surface area contributed by atoms with Gasteiger partial charge in [-0.25, -0.2) is 4.79 Å². The second-order valence-corrected chi connectivity index (χ2v) is 4.67. The van der Waals surface area contributed by atoms with Crippen LogP contribution in [0.3, 0.4) is 0 Å². The molecule has 1 aromatic rings. The van der Waals surface area contributed by atoms with Crippen molar-refractivity contribution in [2.24, 2.45) is 0 Å². The number of rotatable bonds is 6. The Morgan fingerprint density at radius 1 is 1.47 bits per heavy atom. The summed E-state index contributed by atoms with van der Waals surface area (Å²) >= 11 is 0. The van der Waals surface area contributed by atoms with Crippen molar-refractivity contribution in [1.82, 2.24) is 25.3 Å². The highest BCUT2D eigenvalue weighted by Gasteiger charge is 2.27. The van der Waals surface area contributed by atoms with E-state index in [-0.39, 0.29) is 30.6 Å². The van der Waals surface area contributed by atoms with Crippen LogP contribution in [0, 0.1) is 0 Å². The molecule has 7 nitrogen and oxygen atoms in total. The molecular weight excluding hydrogens is 246 g/mol. The summed E-state index contributed by atoms with van der Waals surface area (Å²) in [4.78, 5) is 23.9. The fourth-order valence-electron chi connectivity index (χ4n) is 2.01. The summed E-state index contributed by atoms with van der Waals surface area (Å²) in [5.41, 5.74) is 0. The first kappa shape index (κ1) is 13.5. The first-order valence-corrected chi connectivity index (χ1v) is 6.40. The number of aromatic nitrogens is 2. The molecule has 0 bridgehead atoms. The Morgan fingerprint density at radius 3 is 2.84 bits per heavy atom. The predicted molar refractivity (Wildman–Crippen MR) is 69.5 cm³/mol. The normalized spacial score (nSPS) is 18.5. The van der Waals surface area contributed by atoms with Crippen LogP contribution in [0.2, 0.25) is 0 Å². The lowest BCUT2D eigenvalue weighted by molar-refractivity contribution is -0.124. The molecule has 0 unspecified atom stereocenters. The summed E-state index contributed by atoms with van der Waals surface area (Å²) in [6.07, 6.45) is 3.66. The van der Waals surface area contributed by atoms with E-state index in [2.05, 4.69) is 29.6 Å². The van der Waals surface area contributed by atoms with Crippen molar-refractivity contribution in [3.05, 3.63) is 18.5 Å². The van der Waals surface area contributed by atoms with Gasteiger partial charge in [-0.1, -0.05) is 0 Å². The summed E-state index contributed by atoms with van der Waals surface area (Å²) in [5, 5.41) is 10.00. The van der Waals surface area contributed by atoms with Crippen molar-refractivity contribution in [2.45, 2.75) is 25.9 Å². The smallest absolute Gasteiger partial charge is 0.324 e. The summed E-state index contributed by atoms with van der Waals surface area (Å²) in [6.45, 7) is 5.20. The average molecular weight is 265 g/mol. The molecule has 2 heterocycles. The van der Waals surface area contributed by atoms with Gasteiger partial charge >= 0.3 is 6.03 Å². The van der Waals surface area contributed by atoms with Gasteiger partial charge in [0.1, 0.15) is 0 Å². The zero-order chi connectivity index (χ0) is 13.8. The molecular formula is C12H19N5O2. The zero-order valence-corrected chi connectivity index (χ0v) is 11.2. The highest BCUT2D eigenvalue weighted by atomic mass is 16.2. The summed E-state index contributed by atoms with van der Waals surface area (Å²) in [6, 6.07) is 1.98. The molecule has 0 aromatic carbocycles. The second-order valence-electron chi connectivity index (χ2n) is 4.67. The Morgan fingerprint density at radius 2 is 2.26 bits per heavy atom. The van der Waals surface area contributed by atoms with E-state index in [0.29, 0.717) is 13.1 Å². The molecule has 1 aliphatic rings. The van der Waals surface area contributed by atoms with Crippen LogP contribution in [0.5, 0.6) is 0 Å². The minimum Gasteiger partial charge on any atom is -0.329 e. The first-order valence-electron chi connectivity index (χ1n) is 6.40. The lowest BCUT2D eigenvalue weighted by atomic mass is 10.2. The highest BCUT2D eigenvalue weighted by Crippen LogP contribution is 2.08. The van der Waals surface area contributed by atoms with Crippen LogP contribution < -0.4 is 10.6 Å². The van der Waals surface area contributed by atoms with Crippen molar-refractivity contribution in [3.8, 4) is 0 Å². The Kier molecular flexibility index (Phi) is 4.16. The van der Waals surface area contributed by atoms with E-state index in [1.54, 1.807) is 6.20 Å². The molecule has 0 saturated carbocycles. The number of hydrogen-bond donors (Lipinski definition) is 2. The third-order valence-corrected chi connectivity index (χ3v) is 3.40. The number of urea groups is 1. The van der Waals surface area contributed by atoms with Crippen LogP contribution >= 0.6 is 0 Å². The van der Waals surface area contributed by atoms with Crippen molar-refractivity contribution < 1.29 is 9.59 Å². The van der Waals surface area contributed by atoms with Gasteiger partial charge in [-0.2, -0.15) is 5.10 Å². The summed E-state index contributed by atoms with van der Waals surface area (Å²) in [5.74, 6) is -0.167. The van der Waals surface area contributed by atoms with Gasteiger partial charge in [-0.15, -0.1) is 0 Å². The molecule has 2 rings (SSSR count). The molecule has 1 saturated heterocycles. The third-order valence-electron chi connectivity index (χ3n) is 3.40. The topological polar surface area (TPSA) is 79.3 Å². The maximum Gasteiger partial charge on any atom is 0.324 e. The Hall–Kier alpha value is -1.89. The molecule has 2 atom stereocenters. The lowest BCUT2D eigenvalue weighted by Gasteiger charge is -2.22. The van der Waals surface area contributed by atoms with E-state index in [4.69, 9.17) is 0 Å². The number of hydrogen-bond acceptors (Lipinski definition) is 4. The second kappa shape index (κ2) is 5.83. The first-order chi connectivity index (χ1) is 9.09. The fraction of sp³-hybridized carbons (Fsp3) is 0.583. The number of nitrogens with one attached hydrogen (secondary N) is 2. The predicted octanol–water partition coefficient (Wildman–Crippen LogP) is -0.0260. The van der Waals surface area contributed by atoms with E-state index < -0.39 is 0 Å². The molecule has 2 N–H and O–H groups in total. The molecule has 1 fully saturated rings. The van der Waals surface area contributed by atoms with Gasteiger partial charge < -0.3 is 10.6 Å². The van der Waals surface area contributed by atoms with Crippen LogP contribution in [0.25, 0.3) is 0 Å². The van der Waals surface area contributed by atoms with Crippen LogP contribution in [0.15, 0.2) is 18.5 Å². The zero-order valence-electron chi connectivity index (χ0n) is 11.2. The van der Waals surface area contributed by atoms with Crippen LogP contribution in [-0.4, -0.2) is 52.3 Å². The van der Waals surface area contributed by atoms with E-state index in [9.17, 15) is 9.59 Å². The molecule has 1 aliphatic heterocycles. The molecule has 104 valence electrons. The number of carbonyl (C=O) groups excluding carboxylic acids is 2. The Balaban J connectivity index is 1.76. The molecule has 0 radical (unpaired) electrons. The summed E-state index contributed by atoms with van der Waals surface area (Å²) < 4.78 is 1.88. The quantitative estimate of drug-likeness (QED) is 0.708. The molecule has 1 aromatic heterocycles. The third kappa shape index (κ3) is 3.11. The number of carbonyl (C=O) groups is 2. The standard InChI is InChI=1S/C12H19N5O2/c1-9(10(2)17-6-3-4-15-17)13-5-7-16-11(18)8-14-12(16)19/h3-4,6,9-10,13H,5,7-8H2,1-2H3,(H,14,19)/t9-,10+/m0/s1. The average Bonchev–Trinajstić information content (AvgIpc) is 3.02. The van der Waals surface area contributed by atoms with Gasteiger partial charge in [0.2, 0.25) is 5.91 Å². The van der Waals surface area contributed by atoms with Gasteiger partial charge in [0.25, 0.3) is 0 Å². The largest absolute Gasteiger partial charge is 0.329 e. The number of amides is 3. The molecule has 0 spiro atoms. The maximum atomic E-state index is 11.4. The van der Waals surface area contributed by atoms with Gasteiger partial charge in [0, 0.05) is 31.5 Å². The van der Waals surface area contributed by atoms with Crippen molar-refractivity contribution >= 4 is 11.9 Å². The van der Waals surface area contributed by atoms with Crippen molar-refractivity contribution in [1.29, 1.82) is 0 Å². The Labute approximate surface area is 111 Å². The lowest BCUT2D eigenvalue weighted by Crippen LogP contribution is -2.41. The van der Waals surface area contributed by atoms with Crippen molar-refractivity contribution in [3.63, 3.8) is 0 Å². The van der Waals surface area contributed by atoms with Gasteiger partial charge in [-0.3, -0.25) is 14.4 Å². The van der Waals surface area contributed by atoms with E-state index >= 15 is 0 Å². The molecule has 19 heavy (non-hydrogen) atoms. The molecule has 7 heteroatoms. The van der Waals surface area contributed by atoms with Crippen LogP contribution in [-0.2, 0) is 4.79 Å². The monoisotopic (exact) mass is 265 g/mol. The van der Waals surface area contributed by atoms with Gasteiger partial charge in [-0.05, 0) is 19.9 Å². The van der Waals surface area contributed by atoms with Crippen molar-refractivity contribution in [2.75, 3.05) is 19.6 Å². The van der Waals surface area contributed by atoms with Crippen LogP contribution in [0.4, 0.5) is 4.79 Å². The highest BCUT2D eigenvalue weighted by molar-refractivity contribution is 6.01. The fourth-order valence-corrected chi connectivity index (χ4v) is 2.01. The maximum absolute atomic E-state index is 11.4. The van der Waals surface area contributed by atoms with E-state index in [1.165, 1.54) is 4.90 Å². The van der Waals surface area contributed by atoms with Gasteiger partial charge in [0.15, 0.2) is 0 Å². The van der Waals surface area contributed by atoms with Gasteiger partial charge in [0.05, 0.1) is 12.6 Å². The van der Waals surface area contributed by atoms with Crippen LogP contribution in [0.1, 0.15) is 19.9 Å².